The van der Waals surface area contributed by atoms with Crippen molar-refractivity contribution in [2.45, 2.75) is 70.7 Å². The predicted molar refractivity (Wildman–Crippen MR) is 148 cm³/mol. The van der Waals surface area contributed by atoms with Crippen molar-refractivity contribution in [2.75, 3.05) is 7.05 Å². The van der Waals surface area contributed by atoms with E-state index in [1.54, 1.807) is 34.5 Å². The lowest BCUT2D eigenvalue weighted by atomic mass is 9.75. The molecule has 196 valence electrons. The van der Waals surface area contributed by atoms with Gasteiger partial charge in [-0.15, -0.1) is 0 Å². The van der Waals surface area contributed by atoms with Crippen molar-refractivity contribution in [3.63, 3.8) is 0 Å². The Hall–Kier alpha value is -2.36. The summed E-state index contributed by atoms with van der Waals surface area (Å²) in [5.74, 6) is 0.313. The summed E-state index contributed by atoms with van der Waals surface area (Å²) in [5, 5.41) is 2.79. The molecule has 1 saturated carbocycles. The van der Waals surface area contributed by atoms with E-state index in [1.807, 2.05) is 31.2 Å². The molecule has 2 aromatic carbocycles. The number of ether oxygens (including phenoxy) is 1. The van der Waals surface area contributed by atoms with Gasteiger partial charge in [0.15, 0.2) is 0 Å². The van der Waals surface area contributed by atoms with Gasteiger partial charge in [-0.25, -0.2) is 0 Å². The van der Waals surface area contributed by atoms with Crippen molar-refractivity contribution in [1.29, 1.82) is 0 Å². The lowest BCUT2D eigenvalue weighted by molar-refractivity contribution is -0.126. The highest BCUT2D eigenvalue weighted by Gasteiger charge is 2.31. The maximum absolute atomic E-state index is 13.7. The number of hydrogen-bond acceptors (Lipinski definition) is 2. The average Bonchev–Trinajstić information content (AvgIpc) is 2.89. The number of amides is 1. The molecule has 0 heterocycles. The second-order valence-electron chi connectivity index (χ2n) is 8.99. The zero-order chi connectivity index (χ0) is 26.4. The van der Waals surface area contributed by atoms with Crippen molar-refractivity contribution in [1.82, 2.24) is 5.32 Å². The molecule has 3 atom stereocenters. The molecule has 3 unspecified atom stereocenters. The van der Waals surface area contributed by atoms with E-state index in [2.05, 4.69) is 36.5 Å². The van der Waals surface area contributed by atoms with Crippen LogP contribution in [0.15, 0.2) is 72.8 Å². The first-order valence-electron chi connectivity index (χ1n) is 12.7. The first-order valence-corrected chi connectivity index (χ1v) is 13.3. The monoisotopic (exact) mass is 515 g/mol. The van der Waals surface area contributed by atoms with Crippen LogP contribution in [0.5, 0.6) is 0 Å². The first-order chi connectivity index (χ1) is 17.3. The molecule has 36 heavy (non-hydrogen) atoms. The summed E-state index contributed by atoms with van der Waals surface area (Å²) in [7, 11) is 3.27. The Kier molecular flexibility index (Phi) is 13.0. The minimum absolute atomic E-state index is 0.00100. The van der Waals surface area contributed by atoms with E-state index in [4.69, 9.17) is 4.74 Å². The van der Waals surface area contributed by atoms with E-state index in [9.17, 15) is 13.6 Å². The van der Waals surface area contributed by atoms with Gasteiger partial charge in [0.05, 0.1) is 13.2 Å². The lowest BCUT2D eigenvalue weighted by Gasteiger charge is -2.30. The molecule has 0 saturated heterocycles. The van der Waals surface area contributed by atoms with Gasteiger partial charge < -0.3 is 10.1 Å². The van der Waals surface area contributed by atoms with Gasteiger partial charge >= 0.3 is 0 Å². The van der Waals surface area contributed by atoms with Crippen molar-refractivity contribution in [3.05, 3.63) is 95.1 Å². The fourth-order valence-corrected chi connectivity index (χ4v) is 4.80. The molecule has 2 aromatic rings. The Morgan fingerprint density at radius 2 is 1.86 bits per heavy atom. The van der Waals surface area contributed by atoms with Gasteiger partial charge in [-0.3, -0.25) is 4.79 Å². The number of allylic oxidation sites excluding steroid dienone is 4. The molecule has 6 heteroatoms. The van der Waals surface area contributed by atoms with Crippen LogP contribution in [0.2, 0.25) is 0 Å². The lowest BCUT2D eigenvalue weighted by Crippen LogP contribution is -2.33. The van der Waals surface area contributed by atoms with E-state index in [1.165, 1.54) is 6.07 Å². The van der Waals surface area contributed by atoms with E-state index >= 15 is 0 Å². The van der Waals surface area contributed by atoms with Crippen molar-refractivity contribution in [3.8, 4) is 0 Å². The van der Waals surface area contributed by atoms with Crippen LogP contribution in [0.3, 0.4) is 0 Å². The van der Waals surface area contributed by atoms with Gasteiger partial charge in [-0.1, -0.05) is 102 Å². The fraction of sp³-hybridized carbons (Fsp3) is 0.433. The van der Waals surface area contributed by atoms with Gasteiger partial charge in [-0.2, -0.15) is 8.78 Å². The van der Waals surface area contributed by atoms with E-state index < -0.39 is 5.66 Å². The summed E-state index contributed by atoms with van der Waals surface area (Å²) >= 11 is 0. The number of hydrogen-bond donors (Lipinski definition) is 1. The molecule has 1 amide bonds. The number of rotatable bonds is 9. The molecule has 3 rings (SSSR count). The molecular weight excluding hydrogens is 475 g/mol. The van der Waals surface area contributed by atoms with Crippen LogP contribution in [0, 0.1) is 5.92 Å². The second kappa shape index (κ2) is 15.7. The van der Waals surface area contributed by atoms with Crippen LogP contribution >= 0.6 is 9.24 Å². The molecule has 0 aliphatic heterocycles. The molecule has 0 spiro atoms. The number of carbonyl (C=O) groups is 1. The summed E-state index contributed by atoms with van der Waals surface area (Å²) in [4.78, 5) is 12.3. The van der Waals surface area contributed by atoms with Gasteiger partial charge in [0.1, 0.15) is 0 Å². The smallest absolute Gasteiger partial charge is 0.284 e. The van der Waals surface area contributed by atoms with E-state index in [-0.39, 0.29) is 29.9 Å². The molecule has 0 radical (unpaired) electrons. The largest absolute Gasteiger partial charge is 0.372 e. The number of halogens is 2. The molecule has 0 aromatic heterocycles. The summed E-state index contributed by atoms with van der Waals surface area (Å²) in [5.41, 5.74) is -0.393. The third-order valence-electron chi connectivity index (χ3n) is 6.31. The number of benzene rings is 2. The molecular formula is C30H40F2NO2P. The minimum atomic E-state index is -2.98. The van der Waals surface area contributed by atoms with Gasteiger partial charge in [-0.05, 0) is 48.8 Å². The Morgan fingerprint density at radius 1 is 1.11 bits per heavy atom. The van der Waals surface area contributed by atoms with Crippen LogP contribution in [0.1, 0.15) is 74.1 Å². The Balaban J connectivity index is 0.000000572. The Labute approximate surface area is 217 Å². The summed E-state index contributed by atoms with van der Waals surface area (Å²) in [6.07, 6.45) is 13.5. The average molecular weight is 516 g/mol. The van der Waals surface area contributed by atoms with Crippen LogP contribution in [0.4, 0.5) is 8.78 Å². The third kappa shape index (κ3) is 9.59. The molecule has 3 nitrogen and oxygen atoms in total. The maximum Gasteiger partial charge on any atom is 0.284 e. The van der Waals surface area contributed by atoms with Crippen molar-refractivity contribution < 1.29 is 18.3 Å². The minimum Gasteiger partial charge on any atom is -0.372 e. The zero-order valence-electron chi connectivity index (χ0n) is 21.7. The number of alkyl halides is 2. The standard InChI is InChI=1S/C23H28F2NO2P.C7H12/c1-26-22(27)20-11-4-3-10-19(20)17-9-6-7-16(13-17)14-28-15-18-8-2-5-12-21(18)23(24,25)29;1-3-5-7-6-4-2/h2,5-9,12-13,19-20H,3-4,10-11,14-15,29H2,1H3,(H,26,27);3,5-7H,4H2,1-2H3/b;5-3-,7-6-. The van der Waals surface area contributed by atoms with Crippen molar-refractivity contribution >= 4 is 15.1 Å². The fourth-order valence-electron chi connectivity index (χ4n) is 4.52. The normalized spacial score (nSPS) is 18.2. The summed E-state index contributed by atoms with van der Waals surface area (Å²) < 4.78 is 33.2. The molecule has 1 fully saturated rings. The van der Waals surface area contributed by atoms with Crippen LogP contribution in [0.25, 0.3) is 0 Å². The molecule has 0 bridgehead atoms. The highest BCUT2D eigenvalue weighted by atomic mass is 31.0. The highest BCUT2D eigenvalue weighted by molar-refractivity contribution is 7.17. The van der Waals surface area contributed by atoms with E-state index in [0.29, 0.717) is 12.2 Å². The predicted octanol–water partition coefficient (Wildman–Crippen LogP) is 7.88. The SMILES string of the molecule is C/C=C\C=C/CC.CNC(=O)C1CCCCC1c1cccc(COCc2ccccc2C(F)(F)P)c1. The van der Waals surface area contributed by atoms with Crippen LogP contribution in [-0.4, -0.2) is 13.0 Å². The van der Waals surface area contributed by atoms with Crippen LogP contribution in [-0.2, 0) is 28.4 Å². The molecule has 1 aliphatic rings. The first kappa shape index (κ1) is 29.9. The maximum atomic E-state index is 13.7. The van der Waals surface area contributed by atoms with E-state index in [0.717, 1.165) is 43.2 Å². The Bertz CT molecular complexity index is 1000. The highest BCUT2D eigenvalue weighted by Crippen LogP contribution is 2.39. The van der Waals surface area contributed by atoms with Crippen LogP contribution < -0.4 is 5.32 Å². The Morgan fingerprint density at radius 3 is 2.56 bits per heavy atom. The summed E-state index contributed by atoms with van der Waals surface area (Å²) in [6.45, 7) is 4.59. The summed E-state index contributed by atoms with van der Waals surface area (Å²) in [6, 6.07) is 14.5. The quantitative estimate of drug-likeness (QED) is 0.273. The topological polar surface area (TPSA) is 38.3 Å². The molecule has 1 N–H and O–H groups in total. The van der Waals surface area contributed by atoms with Gasteiger partial charge in [0, 0.05) is 18.5 Å². The second-order valence-corrected chi connectivity index (χ2v) is 9.72. The van der Waals surface area contributed by atoms with Crippen molar-refractivity contribution in [2.24, 2.45) is 5.92 Å². The molecule has 1 aliphatic carbocycles. The third-order valence-corrected chi connectivity index (χ3v) is 6.62. The van der Waals surface area contributed by atoms with Gasteiger partial charge in [0.2, 0.25) is 5.91 Å². The number of nitrogens with one attached hydrogen (secondary N) is 1. The number of carbonyl (C=O) groups excluding carboxylic acids is 1. The zero-order valence-corrected chi connectivity index (χ0v) is 22.8. The van der Waals surface area contributed by atoms with Gasteiger partial charge in [0.25, 0.3) is 5.66 Å².